The van der Waals surface area contributed by atoms with Gasteiger partial charge in [0.15, 0.2) is 0 Å². The summed E-state index contributed by atoms with van der Waals surface area (Å²) in [5.41, 5.74) is -0.450. The number of carbonyl (C=O) groups is 1. The minimum Gasteiger partial charge on any atom is -0.444 e. The van der Waals surface area contributed by atoms with Crippen molar-refractivity contribution in [3.63, 3.8) is 0 Å². The van der Waals surface area contributed by atoms with Gasteiger partial charge in [0.1, 0.15) is 11.5 Å². The Kier molecular flexibility index (Phi) is 6.71. The quantitative estimate of drug-likeness (QED) is 0.555. The first kappa shape index (κ1) is 16.7. The van der Waals surface area contributed by atoms with Crippen LogP contribution in [0, 0.1) is 0 Å². The van der Waals surface area contributed by atoms with Crippen molar-refractivity contribution in [2.45, 2.75) is 26.4 Å². The Balaban J connectivity index is 2.19. The van der Waals surface area contributed by atoms with Gasteiger partial charge >= 0.3 is 6.09 Å². The molecule has 1 fully saturated rings. The normalized spacial score (nSPS) is 16.6. The van der Waals surface area contributed by atoms with Crippen LogP contribution >= 0.6 is 0 Å². The molecule has 0 spiro atoms. The Bertz CT molecular complexity index is 351. The predicted molar refractivity (Wildman–Crippen MR) is 75.3 cm³/mol. The monoisotopic (exact) mass is 284 g/mol. The van der Waals surface area contributed by atoms with Crippen molar-refractivity contribution >= 4 is 12.0 Å². The summed E-state index contributed by atoms with van der Waals surface area (Å²) in [5, 5.41) is 0. The van der Waals surface area contributed by atoms with E-state index in [-0.39, 0.29) is 6.09 Å². The summed E-state index contributed by atoms with van der Waals surface area (Å²) in [5.74, 6) is 1.67. The third-order valence-corrected chi connectivity index (χ3v) is 2.86. The summed E-state index contributed by atoms with van der Waals surface area (Å²) in [6.45, 7) is 10.2. The van der Waals surface area contributed by atoms with Gasteiger partial charge in [-0.15, -0.1) is 0 Å². The van der Waals surface area contributed by atoms with Crippen LogP contribution in [0.2, 0.25) is 0 Å². The molecule has 114 valence electrons. The fourth-order valence-electron chi connectivity index (χ4n) is 1.85. The zero-order chi connectivity index (χ0) is 15.0. The number of piperazine rings is 1. The van der Waals surface area contributed by atoms with Gasteiger partial charge in [0.2, 0.25) is 0 Å². The maximum absolute atomic E-state index is 11.9. The number of carbonyl (C=O) groups excluding carboxylic acids is 2. The van der Waals surface area contributed by atoms with Gasteiger partial charge in [0.25, 0.3) is 0 Å². The maximum atomic E-state index is 11.9. The third kappa shape index (κ3) is 6.70. The second kappa shape index (κ2) is 8.04. The molecule has 0 saturated carbocycles. The Hall–Kier alpha value is -1.36. The fraction of sp³-hybridized carbons (Fsp3) is 0.786. The Morgan fingerprint density at radius 3 is 2.45 bits per heavy atom. The highest BCUT2D eigenvalue weighted by molar-refractivity contribution is 5.68. The van der Waals surface area contributed by atoms with Crippen LogP contribution in [-0.4, -0.2) is 73.4 Å². The number of hydrogen-bond acceptors (Lipinski definition) is 5. The minimum absolute atomic E-state index is 0.246. The molecule has 0 unspecified atom stereocenters. The topological polar surface area (TPSA) is 59.1 Å². The molecule has 0 aliphatic carbocycles. The minimum atomic E-state index is -0.450. The van der Waals surface area contributed by atoms with Gasteiger partial charge in [0, 0.05) is 38.8 Å². The highest BCUT2D eigenvalue weighted by Crippen LogP contribution is 2.11. The molecule has 6 nitrogen and oxygen atoms in total. The Morgan fingerprint density at radius 2 is 1.90 bits per heavy atom. The van der Waals surface area contributed by atoms with Gasteiger partial charge in [0.05, 0.1) is 13.2 Å². The van der Waals surface area contributed by atoms with E-state index in [2.05, 4.69) is 4.90 Å². The lowest BCUT2D eigenvalue weighted by Gasteiger charge is -2.35. The van der Waals surface area contributed by atoms with Crippen LogP contribution in [0.3, 0.4) is 0 Å². The van der Waals surface area contributed by atoms with E-state index in [0.717, 1.165) is 19.6 Å². The summed E-state index contributed by atoms with van der Waals surface area (Å²) < 4.78 is 10.6. The van der Waals surface area contributed by atoms with Gasteiger partial charge in [-0.25, -0.2) is 9.59 Å². The van der Waals surface area contributed by atoms with E-state index in [1.165, 1.54) is 6.08 Å². The van der Waals surface area contributed by atoms with E-state index < -0.39 is 5.60 Å². The molecule has 1 rings (SSSR count). The number of ether oxygens (including phenoxy) is 2. The lowest BCUT2D eigenvalue weighted by Crippen LogP contribution is -2.50. The second-order valence-corrected chi connectivity index (χ2v) is 5.71. The van der Waals surface area contributed by atoms with Crippen LogP contribution in [0.1, 0.15) is 20.8 Å². The van der Waals surface area contributed by atoms with Crippen LogP contribution < -0.4 is 0 Å². The Morgan fingerprint density at radius 1 is 1.25 bits per heavy atom. The number of nitrogens with zero attached hydrogens (tertiary/aromatic N) is 2. The Labute approximate surface area is 120 Å². The van der Waals surface area contributed by atoms with Crippen molar-refractivity contribution in [2.24, 2.45) is 0 Å². The number of hydrogen-bond donors (Lipinski definition) is 0. The first-order valence-electron chi connectivity index (χ1n) is 6.90. The molecule has 1 aliphatic heterocycles. The molecule has 1 saturated heterocycles. The number of rotatable bonds is 5. The predicted octanol–water partition coefficient (Wildman–Crippen LogP) is 0.944. The first-order valence-corrected chi connectivity index (χ1v) is 6.90. The van der Waals surface area contributed by atoms with Gasteiger partial charge < -0.3 is 14.4 Å². The maximum Gasteiger partial charge on any atom is 0.410 e. The highest BCUT2D eigenvalue weighted by Gasteiger charge is 2.25. The van der Waals surface area contributed by atoms with Crippen molar-refractivity contribution < 1.29 is 19.1 Å². The van der Waals surface area contributed by atoms with Gasteiger partial charge in [-0.05, 0) is 20.8 Å². The molecule has 0 N–H and O–H groups in total. The van der Waals surface area contributed by atoms with Crippen LogP contribution in [0.5, 0.6) is 0 Å². The summed E-state index contributed by atoms with van der Waals surface area (Å²) in [4.78, 5) is 25.8. The van der Waals surface area contributed by atoms with Crippen molar-refractivity contribution in [3.8, 4) is 0 Å². The van der Waals surface area contributed by atoms with Crippen molar-refractivity contribution in [2.75, 3.05) is 45.9 Å². The molecule has 20 heavy (non-hydrogen) atoms. The van der Waals surface area contributed by atoms with Crippen LogP contribution in [0.25, 0.3) is 0 Å². The standard InChI is InChI=1S/C14H24N2O4/c1-14(2,3)20-13(18)16-7-5-15(6-8-16)9-12-19-11-4-10-17/h4H,5-9,11-12H2,1-3H3. The van der Waals surface area contributed by atoms with Gasteiger partial charge in [-0.2, -0.15) is 0 Å². The van der Waals surface area contributed by atoms with Crippen LogP contribution in [0.4, 0.5) is 4.79 Å². The van der Waals surface area contributed by atoms with E-state index >= 15 is 0 Å². The lowest BCUT2D eigenvalue weighted by molar-refractivity contribution is 0.0122. The first-order chi connectivity index (χ1) is 9.42. The van der Waals surface area contributed by atoms with E-state index in [0.29, 0.717) is 26.3 Å². The smallest absolute Gasteiger partial charge is 0.410 e. The molecular formula is C14H24N2O4. The van der Waals surface area contributed by atoms with Gasteiger partial charge in [-0.3, -0.25) is 4.90 Å². The fourth-order valence-corrected chi connectivity index (χ4v) is 1.85. The molecule has 0 bridgehead atoms. The van der Waals surface area contributed by atoms with E-state index in [9.17, 15) is 9.59 Å². The largest absolute Gasteiger partial charge is 0.444 e. The molecule has 0 aromatic heterocycles. The molecule has 1 aliphatic rings. The van der Waals surface area contributed by atoms with Crippen molar-refractivity contribution in [3.05, 3.63) is 6.08 Å². The summed E-state index contributed by atoms with van der Waals surface area (Å²) in [6, 6.07) is 0. The molecule has 0 aromatic rings. The molecule has 0 radical (unpaired) electrons. The third-order valence-electron chi connectivity index (χ3n) is 2.86. The lowest BCUT2D eigenvalue weighted by atomic mass is 10.2. The zero-order valence-corrected chi connectivity index (χ0v) is 12.6. The average Bonchev–Trinajstić information content (AvgIpc) is 2.37. The van der Waals surface area contributed by atoms with Gasteiger partial charge in [-0.1, -0.05) is 0 Å². The second-order valence-electron chi connectivity index (χ2n) is 5.71. The van der Waals surface area contributed by atoms with Crippen LogP contribution in [-0.2, 0) is 14.3 Å². The van der Waals surface area contributed by atoms with E-state index in [4.69, 9.17) is 9.47 Å². The zero-order valence-electron chi connectivity index (χ0n) is 12.6. The van der Waals surface area contributed by atoms with E-state index in [1.54, 1.807) is 10.8 Å². The summed E-state index contributed by atoms with van der Waals surface area (Å²) in [6.07, 6.45) is 1.07. The average molecular weight is 284 g/mol. The SMILES string of the molecule is CC(C)(C)OC(=O)N1CCN(CCOCC=C=O)CC1. The van der Waals surface area contributed by atoms with E-state index in [1.807, 2.05) is 20.8 Å². The number of amides is 1. The molecular weight excluding hydrogens is 260 g/mol. The summed E-state index contributed by atoms with van der Waals surface area (Å²) in [7, 11) is 0. The highest BCUT2D eigenvalue weighted by atomic mass is 16.6. The molecule has 1 amide bonds. The molecule has 0 atom stereocenters. The molecule has 0 aromatic carbocycles. The van der Waals surface area contributed by atoms with Crippen molar-refractivity contribution in [1.29, 1.82) is 0 Å². The summed E-state index contributed by atoms with van der Waals surface area (Å²) >= 11 is 0. The van der Waals surface area contributed by atoms with Crippen molar-refractivity contribution in [1.82, 2.24) is 9.80 Å². The van der Waals surface area contributed by atoms with Crippen LogP contribution in [0.15, 0.2) is 6.08 Å². The molecule has 1 heterocycles. The molecule has 6 heteroatoms.